The van der Waals surface area contributed by atoms with Crippen LogP contribution in [0.15, 0.2) is 0 Å². The number of morpholine rings is 1. The van der Waals surface area contributed by atoms with Crippen LogP contribution in [0.2, 0.25) is 0 Å². The van der Waals surface area contributed by atoms with Gasteiger partial charge in [-0.3, -0.25) is 14.6 Å². The zero-order valence-corrected chi connectivity index (χ0v) is 11.5. The normalized spacial score (nSPS) is 31.4. The average Bonchev–Trinajstić information content (AvgIpc) is 2.33. The van der Waals surface area contributed by atoms with Crippen LogP contribution in [-0.4, -0.2) is 80.1 Å². The van der Waals surface area contributed by atoms with Crippen molar-refractivity contribution in [2.75, 3.05) is 52.5 Å². The Morgan fingerprint density at radius 1 is 1.39 bits per heavy atom. The number of nitrogens with one attached hydrogen (secondary N) is 1. The Hall–Kier alpha value is -0.490. The van der Waals surface area contributed by atoms with Crippen molar-refractivity contribution in [2.24, 2.45) is 0 Å². The lowest BCUT2D eigenvalue weighted by Gasteiger charge is -2.41. The summed E-state index contributed by atoms with van der Waals surface area (Å²) < 4.78 is 5.37. The van der Waals surface area contributed by atoms with E-state index in [0.29, 0.717) is 18.6 Å². The molecule has 18 heavy (non-hydrogen) atoms. The standard InChI is InChI=1S/C13H25N3O2/c1-11-8-16(9-12(2)17)13(7-14-11)10-15-3-5-18-6-4-15/h11,13-14H,3-10H2,1-2H3/t11-,13?/m1/s1. The molecule has 5 nitrogen and oxygen atoms in total. The second kappa shape index (κ2) is 6.61. The van der Waals surface area contributed by atoms with Gasteiger partial charge in [0, 0.05) is 44.8 Å². The third-order valence-electron chi connectivity index (χ3n) is 3.73. The highest BCUT2D eigenvalue weighted by Gasteiger charge is 2.28. The van der Waals surface area contributed by atoms with Gasteiger partial charge in [0.15, 0.2) is 0 Å². The molecule has 0 aromatic rings. The maximum Gasteiger partial charge on any atom is 0.143 e. The molecule has 0 saturated carbocycles. The summed E-state index contributed by atoms with van der Waals surface area (Å²) in [6.07, 6.45) is 0. The molecule has 2 saturated heterocycles. The number of ether oxygens (including phenoxy) is 1. The van der Waals surface area contributed by atoms with Crippen LogP contribution in [0, 0.1) is 0 Å². The van der Waals surface area contributed by atoms with Crippen LogP contribution in [0.1, 0.15) is 13.8 Å². The minimum Gasteiger partial charge on any atom is -0.379 e. The van der Waals surface area contributed by atoms with Crippen LogP contribution >= 0.6 is 0 Å². The Bertz CT molecular complexity index is 279. The molecule has 2 heterocycles. The fourth-order valence-corrected chi connectivity index (χ4v) is 2.77. The molecular formula is C13H25N3O2. The van der Waals surface area contributed by atoms with Gasteiger partial charge in [-0.05, 0) is 13.8 Å². The number of carbonyl (C=O) groups excluding carboxylic acids is 1. The molecule has 2 fully saturated rings. The van der Waals surface area contributed by atoms with E-state index < -0.39 is 0 Å². The van der Waals surface area contributed by atoms with Crippen LogP contribution in [0.5, 0.6) is 0 Å². The van der Waals surface area contributed by atoms with E-state index in [2.05, 4.69) is 22.0 Å². The number of ketones is 1. The summed E-state index contributed by atoms with van der Waals surface area (Å²) in [5, 5.41) is 3.51. The molecule has 0 aliphatic carbocycles. The zero-order valence-electron chi connectivity index (χ0n) is 11.5. The molecule has 2 rings (SSSR count). The first kappa shape index (κ1) is 13.9. The van der Waals surface area contributed by atoms with Gasteiger partial charge in [-0.1, -0.05) is 0 Å². The number of hydrogen-bond acceptors (Lipinski definition) is 5. The summed E-state index contributed by atoms with van der Waals surface area (Å²) in [4.78, 5) is 16.1. The van der Waals surface area contributed by atoms with Crippen molar-refractivity contribution in [1.82, 2.24) is 15.1 Å². The molecule has 2 aliphatic rings. The van der Waals surface area contributed by atoms with Crippen molar-refractivity contribution in [3.8, 4) is 0 Å². The summed E-state index contributed by atoms with van der Waals surface area (Å²) in [7, 11) is 0. The third kappa shape index (κ3) is 4.02. The van der Waals surface area contributed by atoms with E-state index in [9.17, 15) is 4.79 Å². The Balaban J connectivity index is 1.88. The Kier molecular flexibility index (Phi) is 5.12. The van der Waals surface area contributed by atoms with Gasteiger partial charge in [0.1, 0.15) is 5.78 Å². The number of rotatable bonds is 4. The first-order chi connectivity index (χ1) is 8.65. The second-order valence-electron chi connectivity index (χ2n) is 5.51. The van der Waals surface area contributed by atoms with Crippen molar-refractivity contribution < 1.29 is 9.53 Å². The van der Waals surface area contributed by atoms with Gasteiger partial charge in [-0.25, -0.2) is 0 Å². The largest absolute Gasteiger partial charge is 0.379 e. The van der Waals surface area contributed by atoms with E-state index >= 15 is 0 Å². The van der Waals surface area contributed by atoms with E-state index in [-0.39, 0.29) is 5.78 Å². The number of carbonyl (C=O) groups is 1. The molecule has 0 aromatic carbocycles. The molecule has 0 spiro atoms. The first-order valence-electron chi connectivity index (χ1n) is 6.92. The van der Waals surface area contributed by atoms with Gasteiger partial charge in [0.2, 0.25) is 0 Å². The fourth-order valence-electron chi connectivity index (χ4n) is 2.77. The lowest BCUT2D eigenvalue weighted by Crippen LogP contribution is -2.60. The van der Waals surface area contributed by atoms with Gasteiger partial charge in [-0.2, -0.15) is 0 Å². The topological polar surface area (TPSA) is 44.8 Å². The first-order valence-corrected chi connectivity index (χ1v) is 6.92. The lowest BCUT2D eigenvalue weighted by molar-refractivity contribution is -0.119. The van der Waals surface area contributed by atoms with Gasteiger partial charge < -0.3 is 10.1 Å². The van der Waals surface area contributed by atoms with Gasteiger partial charge >= 0.3 is 0 Å². The molecule has 0 amide bonds. The Morgan fingerprint density at radius 2 is 2.11 bits per heavy atom. The SMILES string of the molecule is CC(=O)CN1C[C@@H](C)NCC1CN1CCOCC1. The van der Waals surface area contributed by atoms with E-state index in [4.69, 9.17) is 4.74 Å². The minimum absolute atomic E-state index is 0.260. The van der Waals surface area contributed by atoms with E-state index in [1.165, 1.54) is 0 Å². The lowest BCUT2D eigenvalue weighted by atomic mass is 10.1. The number of hydrogen-bond donors (Lipinski definition) is 1. The molecule has 1 N–H and O–H groups in total. The summed E-state index contributed by atoms with van der Waals surface area (Å²) >= 11 is 0. The smallest absolute Gasteiger partial charge is 0.143 e. The maximum atomic E-state index is 11.4. The van der Waals surface area contributed by atoms with Crippen LogP contribution in [-0.2, 0) is 9.53 Å². The van der Waals surface area contributed by atoms with Crippen molar-refractivity contribution in [2.45, 2.75) is 25.9 Å². The molecule has 5 heteroatoms. The van der Waals surface area contributed by atoms with E-state index in [1.807, 2.05) is 0 Å². The molecule has 0 radical (unpaired) electrons. The van der Waals surface area contributed by atoms with Crippen LogP contribution in [0.25, 0.3) is 0 Å². The average molecular weight is 255 g/mol. The summed E-state index contributed by atoms with van der Waals surface area (Å²) in [6, 6.07) is 0.925. The molecular weight excluding hydrogens is 230 g/mol. The van der Waals surface area contributed by atoms with Gasteiger partial charge in [-0.15, -0.1) is 0 Å². The second-order valence-corrected chi connectivity index (χ2v) is 5.51. The quantitative estimate of drug-likeness (QED) is 0.738. The van der Waals surface area contributed by atoms with Crippen molar-refractivity contribution in [3.05, 3.63) is 0 Å². The monoisotopic (exact) mass is 255 g/mol. The highest BCUT2D eigenvalue weighted by atomic mass is 16.5. The van der Waals surface area contributed by atoms with Crippen molar-refractivity contribution in [1.29, 1.82) is 0 Å². The van der Waals surface area contributed by atoms with E-state index in [1.54, 1.807) is 6.92 Å². The number of Topliss-reactive ketones (excluding diaryl/α,β-unsaturated/α-hetero) is 1. The van der Waals surface area contributed by atoms with Crippen LogP contribution < -0.4 is 5.32 Å². The Labute approximate surface area is 109 Å². The van der Waals surface area contributed by atoms with Gasteiger partial charge in [0.25, 0.3) is 0 Å². The van der Waals surface area contributed by atoms with Gasteiger partial charge in [0.05, 0.1) is 19.8 Å². The summed E-state index contributed by atoms with van der Waals surface area (Å²) in [5.41, 5.74) is 0. The van der Waals surface area contributed by atoms with E-state index in [0.717, 1.165) is 45.9 Å². The molecule has 0 bridgehead atoms. The fraction of sp³-hybridized carbons (Fsp3) is 0.923. The summed E-state index contributed by atoms with van der Waals surface area (Å²) in [6.45, 7) is 11.1. The zero-order chi connectivity index (χ0) is 13.0. The predicted octanol–water partition coefficient (Wildman–Crippen LogP) is -0.430. The summed E-state index contributed by atoms with van der Waals surface area (Å²) in [5.74, 6) is 0.260. The Morgan fingerprint density at radius 3 is 2.78 bits per heavy atom. The number of piperazine rings is 1. The molecule has 104 valence electrons. The predicted molar refractivity (Wildman–Crippen MR) is 70.8 cm³/mol. The van der Waals surface area contributed by atoms with Crippen molar-refractivity contribution in [3.63, 3.8) is 0 Å². The maximum absolute atomic E-state index is 11.4. The van der Waals surface area contributed by atoms with Crippen LogP contribution in [0.4, 0.5) is 0 Å². The van der Waals surface area contributed by atoms with Crippen molar-refractivity contribution >= 4 is 5.78 Å². The molecule has 1 unspecified atom stereocenters. The van der Waals surface area contributed by atoms with Crippen LogP contribution in [0.3, 0.4) is 0 Å². The minimum atomic E-state index is 0.260. The molecule has 2 aliphatic heterocycles. The molecule has 2 atom stereocenters. The molecule has 0 aromatic heterocycles. The highest BCUT2D eigenvalue weighted by Crippen LogP contribution is 2.10. The third-order valence-corrected chi connectivity index (χ3v) is 3.73. The highest BCUT2D eigenvalue weighted by molar-refractivity contribution is 5.77. The number of nitrogens with zero attached hydrogens (tertiary/aromatic N) is 2.